The molecule has 1 nitrogen and oxygen atoms in total. The Hall–Kier alpha value is 0.0800. The van der Waals surface area contributed by atoms with Crippen LogP contribution in [0.15, 0.2) is 16.6 Å². The topological polar surface area (TPSA) is 12.0 Å². The van der Waals surface area contributed by atoms with Gasteiger partial charge >= 0.3 is 0 Å². The molecule has 1 aromatic carbocycles. The lowest BCUT2D eigenvalue weighted by atomic mass is 9.63. The fraction of sp³-hybridized carbons (Fsp3) is 0.625. The van der Waals surface area contributed by atoms with Gasteiger partial charge in [-0.1, -0.05) is 66.8 Å². The fourth-order valence-corrected chi connectivity index (χ4v) is 5.15. The van der Waals surface area contributed by atoms with Gasteiger partial charge in [-0.05, 0) is 42.2 Å². The lowest BCUT2D eigenvalue weighted by molar-refractivity contribution is 0.105. The Bertz CT molecular complexity index is 472. The van der Waals surface area contributed by atoms with Crippen molar-refractivity contribution < 1.29 is 0 Å². The molecule has 112 valence electrons. The zero-order chi connectivity index (χ0) is 15.1. The maximum Gasteiger partial charge on any atom is 0.0721 e. The van der Waals surface area contributed by atoms with E-state index in [0.29, 0.717) is 26.9 Å². The number of hydrogen-bond acceptors (Lipinski definition) is 1. The molecule has 0 radical (unpaired) electrons. The molecule has 4 heteroatoms. The van der Waals surface area contributed by atoms with Crippen LogP contribution in [0.5, 0.6) is 0 Å². The average molecular weight is 379 g/mol. The van der Waals surface area contributed by atoms with E-state index in [0.717, 1.165) is 23.0 Å². The van der Waals surface area contributed by atoms with E-state index in [4.69, 9.17) is 23.2 Å². The molecule has 0 unspecified atom stereocenters. The van der Waals surface area contributed by atoms with Gasteiger partial charge in [0.1, 0.15) is 0 Å². The van der Waals surface area contributed by atoms with Crippen molar-refractivity contribution in [1.82, 2.24) is 0 Å². The highest BCUT2D eigenvalue weighted by molar-refractivity contribution is 9.10. The van der Waals surface area contributed by atoms with Crippen LogP contribution in [-0.2, 0) is 0 Å². The van der Waals surface area contributed by atoms with Crippen molar-refractivity contribution in [3.05, 3.63) is 26.7 Å². The summed E-state index contributed by atoms with van der Waals surface area (Å²) in [5.74, 6) is 0. The van der Waals surface area contributed by atoms with Crippen LogP contribution < -0.4 is 5.32 Å². The summed E-state index contributed by atoms with van der Waals surface area (Å²) in [6, 6.07) is 4.17. The number of halogens is 3. The van der Waals surface area contributed by atoms with Gasteiger partial charge in [0.2, 0.25) is 0 Å². The van der Waals surface area contributed by atoms with Crippen molar-refractivity contribution in [2.45, 2.75) is 53.0 Å². The van der Waals surface area contributed by atoms with Crippen LogP contribution in [0, 0.1) is 10.8 Å². The van der Waals surface area contributed by atoms with Crippen molar-refractivity contribution in [1.29, 1.82) is 0 Å². The van der Waals surface area contributed by atoms with E-state index in [1.54, 1.807) is 0 Å². The smallest absolute Gasteiger partial charge is 0.0721 e. The molecule has 0 atom stereocenters. The second kappa shape index (κ2) is 5.70. The number of nitrogens with one attached hydrogen (secondary N) is 1. The predicted octanol–water partition coefficient (Wildman–Crippen LogP) is 6.77. The molecule has 0 heterocycles. The molecule has 0 amide bonds. The maximum absolute atomic E-state index is 6.32. The third kappa shape index (κ3) is 4.05. The van der Waals surface area contributed by atoms with Gasteiger partial charge in [0.15, 0.2) is 0 Å². The quantitative estimate of drug-likeness (QED) is 0.598. The van der Waals surface area contributed by atoms with Crippen molar-refractivity contribution in [3.8, 4) is 0 Å². The highest BCUT2D eigenvalue weighted by Crippen LogP contribution is 2.47. The first kappa shape index (κ1) is 16.5. The van der Waals surface area contributed by atoms with E-state index in [1.807, 2.05) is 12.1 Å². The zero-order valence-corrected chi connectivity index (χ0v) is 15.6. The van der Waals surface area contributed by atoms with Crippen LogP contribution in [0.25, 0.3) is 0 Å². The molecule has 0 bridgehead atoms. The van der Waals surface area contributed by atoms with E-state index in [-0.39, 0.29) is 0 Å². The summed E-state index contributed by atoms with van der Waals surface area (Å²) in [7, 11) is 0. The van der Waals surface area contributed by atoms with E-state index < -0.39 is 0 Å². The molecule has 1 aliphatic carbocycles. The molecule has 1 saturated carbocycles. The van der Waals surface area contributed by atoms with E-state index in [9.17, 15) is 0 Å². The summed E-state index contributed by atoms with van der Waals surface area (Å²) >= 11 is 16.1. The van der Waals surface area contributed by atoms with Crippen molar-refractivity contribution >= 4 is 44.8 Å². The van der Waals surface area contributed by atoms with Crippen LogP contribution in [0.3, 0.4) is 0 Å². The van der Waals surface area contributed by atoms with Crippen molar-refractivity contribution in [3.63, 3.8) is 0 Å². The Morgan fingerprint density at radius 3 is 1.95 bits per heavy atom. The standard InChI is InChI=1S/C16H22BrCl2N/c1-15(2)7-11(8-16(3,4)9-15)20-14-12(18)5-10(17)6-13(14)19/h5-6,11,20H,7-9H2,1-4H3. The van der Waals surface area contributed by atoms with E-state index in [2.05, 4.69) is 48.9 Å². The van der Waals surface area contributed by atoms with Crippen molar-refractivity contribution in [2.24, 2.45) is 10.8 Å². The highest BCUT2D eigenvalue weighted by Gasteiger charge is 2.38. The van der Waals surface area contributed by atoms with Gasteiger partial charge in [-0.25, -0.2) is 0 Å². The SMILES string of the molecule is CC1(C)CC(Nc2c(Cl)cc(Br)cc2Cl)CC(C)(C)C1. The Labute approximate surface area is 140 Å². The first-order chi connectivity index (χ1) is 9.08. The van der Waals surface area contributed by atoms with Gasteiger partial charge in [0.05, 0.1) is 15.7 Å². The predicted molar refractivity (Wildman–Crippen MR) is 93.0 cm³/mol. The summed E-state index contributed by atoms with van der Waals surface area (Å²) in [5, 5.41) is 4.91. The summed E-state index contributed by atoms with van der Waals surface area (Å²) in [6.45, 7) is 9.36. The van der Waals surface area contributed by atoms with Crippen LogP contribution >= 0.6 is 39.1 Å². The van der Waals surface area contributed by atoms with Gasteiger partial charge in [0.25, 0.3) is 0 Å². The van der Waals surface area contributed by atoms with E-state index >= 15 is 0 Å². The van der Waals surface area contributed by atoms with Gasteiger partial charge in [-0.2, -0.15) is 0 Å². The third-order valence-electron chi connectivity index (χ3n) is 3.91. The number of hydrogen-bond donors (Lipinski definition) is 1. The minimum Gasteiger partial charge on any atom is -0.380 e. The Morgan fingerprint density at radius 2 is 1.50 bits per heavy atom. The minimum absolute atomic E-state index is 0.341. The molecule has 1 fully saturated rings. The molecule has 20 heavy (non-hydrogen) atoms. The first-order valence-electron chi connectivity index (χ1n) is 6.99. The lowest BCUT2D eigenvalue weighted by Crippen LogP contribution is -2.40. The summed E-state index contributed by atoms with van der Waals surface area (Å²) in [5.41, 5.74) is 1.54. The van der Waals surface area contributed by atoms with Crippen LogP contribution in [-0.4, -0.2) is 6.04 Å². The molecule has 2 rings (SSSR count). The number of benzene rings is 1. The van der Waals surface area contributed by atoms with Gasteiger partial charge < -0.3 is 5.32 Å². The Balaban J connectivity index is 2.22. The lowest BCUT2D eigenvalue weighted by Gasteiger charge is -2.45. The average Bonchev–Trinajstić information content (AvgIpc) is 2.18. The molecule has 1 N–H and O–H groups in total. The maximum atomic E-state index is 6.32. The molecular formula is C16H22BrCl2N. The number of anilines is 1. The molecule has 1 aliphatic rings. The summed E-state index contributed by atoms with van der Waals surface area (Å²) in [4.78, 5) is 0. The first-order valence-corrected chi connectivity index (χ1v) is 8.54. The second-order valence-corrected chi connectivity index (χ2v) is 9.23. The summed E-state index contributed by atoms with van der Waals surface area (Å²) < 4.78 is 0.905. The zero-order valence-electron chi connectivity index (χ0n) is 12.5. The molecule has 1 aromatic rings. The molecule has 0 saturated heterocycles. The Morgan fingerprint density at radius 1 is 1.05 bits per heavy atom. The fourth-order valence-electron chi connectivity index (χ4n) is 3.83. The van der Waals surface area contributed by atoms with E-state index in [1.165, 1.54) is 6.42 Å². The normalized spacial score (nSPS) is 21.8. The van der Waals surface area contributed by atoms with Crippen LogP contribution in [0.4, 0.5) is 5.69 Å². The number of rotatable bonds is 2. The highest BCUT2D eigenvalue weighted by atomic mass is 79.9. The summed E-state index contributed by atoms with van der Waals surface area (Å²) in [6.07, 6.45) is 3.53. The van der Waals surface area contributed by atoms with Gasteiger partial charge in [-0.15, -0.1) is 0 Å². The monoisotopic (exact) mass is 377 g/mol. The van der Waals surface area contributed by atoms with Crippen molar-refractivity contribution in [2.75, 3.05) is 5.32 Å². The molecule has 0 spiro atoms. The van der Waals surface area contributed by atoms with Gasteiger partial charge in [0, 0.05) is 10.5 Å². The van der Waals surface area contributed by atoms with Gasteiger partial charge in [-0.3, -0.25) is 0 Å². The van der Waals surface area contributed by atoms with Crippen LogP contribution in [0.1, 0.15) is 47.0 Å². The molecule has 0 aromatic heterocycles. The molecule has 0 aliphatic heterocycles. The van der Waals surface area contributed by atoms with Crippen LogP contribution in [0.2, 0.25) is 10.0 Å². The Kier molecular flexibility index (Phi) is 4.69. The third-order valence-corrected chi connectivity index (χ3v) is 4.96. The molecular weight excluding hydrogens is 357 g/mol. The second-order valence-electron chi connectivity index (χ2n) is 7.50. The largest absolute Gasteiger partial charge is 0.380 e. The minimum atomic E-state index is 0.341.